The van der Waals surface area contributed by atoms with Crippen LogP contribution in [-0.2, 0) is 14.3 Å². The van der Waals surface area contributed by atoms with Gasteiger partial charge in [-0.05, 0) is 89.9 Å². The molecule has 0 spiro atoms. The molecule has 0 aliphatic rings. The van der Waals surface area contributed by atoms with E-state index in [9.17, 15) is 19.8 Å². The predicted octanol–water partition coefficient (Wildman–Crippen LogP) is 15.3. The average molecular weight is 862 g/mol. The molecule has 0 radical (unpaired) electrons. The van der Waals surface area contributed by atoms with Gasteiger partial charge >= 0.3 is 5.97 Å². The van der Waals surface area contributed by atoms with Crippen molar-refractivity contribution in [3.05, 3.63) is 97.2 Å². The molecule has 0 aliphatic carbocycles. The van der Waals surface area contributed by atoms with E-state index >= 15 is 0 Å². The van der Waals surface area contributed by atoms with Crippen LogP contribution in [0, 0.1) is 0 Å². The van der Waals surface area contributed by atoms with Crippen molar-refractivity contribution in [1.82, 2.24) is 5.32 Å². The summed E-state index contributed by atoms with van der Waals surface area (Å²) in [7, 11) is 0. The van der Waals surface area contributed by atoms with E-state index in [1.165, 1.54) is 70.6 Å². The Hall–Kier alpha value is -3.22. The maximum absolute atomic E-state index is 13.2. The molecule has 354 valence electrons. The van der Waals surface area contributed by atoms with Gasteiger partial charge in [-0.1, -0.05) is 214 Å². The second-order valence-electron chi connectivity index (χ2n) is 16.9. The van der Waals surface area contributed by atoms with Gasteiger partial charge in [-0.15, -0.1) is 0 Å². The highest BCUT2D eigenvalue weighted by Crippen LogP contribution is 2.16. The zero-order valence-corrected chi connectivity index (χ0v) is 40.2. The van der Waals surface area contributed by atoms with Crippen LogP contribution in [-0.4, -0.2) is 46.9 Å². The van der Waals surface area contributed by atoms with Crippen LogP contribution in [0.1, 0.15) is 220 Å². The van der Waals surface area contributed by atoms with Crippen molar-refractivity contribution in [2.24, 2.45) is 0 Å². The van der Waals surface area contributed by atoms with Crippen molar-refractivity contribution in [3.63, 3.8) is 0 Å². The SMILES string of the molecule is CC/C=C\C/C=C\C/C=C\C/C=C\C/C=C\C/C=C\CCC(=O)OC(CCCCCC/C=C/C=C/CCCCC)CC(=O)NC(CO)C(O)CCCCCCCCCCCCC. The number of aliphatic hydroxyl groups excluding tert-OH is 2. The number of amides is 1. The van der Waals surface area contributed by atoms with Crippen LogP contribution in [0.15, 0.2) is 97.2 Å². The molecule has 0 aromatic carbocycles. The molecule has 3 unspecified atom stereocenters. The molecular weight excluding hydrogens is 767 g/mol. The van der Waals surface area contributed by atoms with E-state index in [1.54, 1.807) is 0 Å². The molecule has 0 aromatic rings. The van der Waals surface area contributed by atoms with Crippen LogP contribution in [0.5, 0.6) is 0 Å². The molecule has 0 heterocycles. The Bertz CT molecular complexity index is 1240. The molecule has 0 rings (SSSR count). The van der Waals surface area contributed by atoms with Crippen molar-refractivity contribution < 1.29 is 24.5 Å². The smallest absolute Gasteiger partial charge is 0.306 e. The van der Waals surface area contributed by atoms with Gasteiger partial charge in [0.15, 0.2) is 0 Å². The van der Waals surface area contributed by atoms with E-state index in [2.05, 4.69) is 117 Å². The number of unbranched alkanes of at least 4 members (excludes halogenated alkanes) is 17. The lowest BCUT2D eigenvalue weighted by atomic mass is 10.0. The van der Waals surface area contributed by atoms with Crippen molar-refractivity contribution in [2.45, 2.75) is 238 Å². The maximum Gasteiger partial charge on any atom is 0.306 e. The summed E-state index contributed by atoms with van der Waals surface area (Å²) in [6.45, 7) is 6.30. The van der Waals surface area contributed by atoms with Crippen LogP contribution in [0.2, 0.25) is 0 Å². The van der Waals surface area contributed by atoms with E-state index in [-0.39, 0.29) is 31.3 Å². The molecule has 0 saturated heterocycles. The van der Waals surface area contributed by atoms with Gasteiger partial charge in [0.2, 0.25) is 5.91 Å². The van der Waals surface area contributed by atoms with Crippen molar-refractivity contribution in [1.29, 1.82) is 0 Å². The van der Waals surface area contributed by atoms with Gasteiger partial charge in [0.1, 0.15) is 6.10 Å². The van der Waals surface area contributed by atoms with Gasteiger partial charge < -0.3 is 20.3 Å². The number of nitrogens with one attached hydrogen (secondary N) is 1. The lowest BCUT2D eigenvalue weighted by Crippen LogP contribution is -2.46. The molecule has 0 bridgehead atoms. The first-order valence-corrected chi connectivity index (χ1v) is 25.5. The minimum absolute atomic E-state index is 0.0284. The van der Waals surface area contributed by atoms with Crippen LogP contribution in [0.4, 0.5) is 0 Å². The minimum atomic E-state index is -0.810. The normalized spacial score (nSPS) is 14.1. The van der Waals surface area contributed by atoms with E-state index in [4.69, 9.17) is 4.74 Å². The van der Waals surface area contributed by atoms with Crippen LogP contribution in [0.25, 0.3) is 0 Å². The molecule has 6 nitrogen and oxygen atoms in total. The lowest BCUT2D eigenvalue weighted by molar-refractivity contribution is -0.150. The highest BCUT2D eigenvalue weighted by Gasteiger charge is 2.24. The maximum atomic E-state index is 13.2. The van der Waals surface area contributed by atoms with Gasteiger partial charge in [0.25, 0.3) is 0 Å². The zero-order valence-electron chi connectivity index (χ0n) is 40.2. The highest BCUT2D eigenvalue weighted by atomic mass is 16.5. The van der Waals surface area contributed by atoms with E-state index in [0.717, 1.165) is 96.3 Å². The quantitative estimate of drug-likeness (QED) is 0.0245. The van der Waals surface area contributed by atoms with Gasteiger partial charge in [-0.3, -0.25) is 9.59 Å². The number of carbonyl (C=O) groups excluding carboxylic acids is 2. The number of hydrogen-bond acceptors (Lipinski definition) is 5. The zero-order chi connectivity index (χ0) is 45.2. The third kappa shape index (κ3) is 43.4. The Kier molecular flexibility index (Phi) is 46.3. The summed E-state index contributed by atoms with van der Waals surface area (Å²) < 4.78 is 5.88. The minimum Gasteiger partial charge on any atom is -0.462 e. The molecule has 0 aliphatic heterocycles. The second kappa shape index (κ2) is 48.8. The lowest BCUT2D eigenvalue weighted by Gasteiger charge is -2.24. The number of ether oxygens (including phenoxy) is 1. The number of aliphatic hydroxyl groups is 2. The second-order valence-corrected chi connectivity index (χ2v) is 16.9. The molecule has 3 N–H and O–H groups in total. The molecule has 1 amide bonds. The number of rotatable bonds is 44. The molecule has 62 heavy (non-hydrogen) atoms. The highest BCUT2D eigenvalue weighted by molar-refractivity contribution is 5.77. The monoisotopic (exact) mass is 862 g/mol. The number of hydrogen-bond donors (Lipinski definition) is 3. The first kappa shape index (κ1) is 58.8. The standard InChI is InChI=1S/C56H95NO5/c1-4-7-10-13-16-19-22-24-25-26-27-28-29-31-34-37-40-43-46-49-56(61)62-52(47-44-41-38-35-33-30-23-20-17-14-11-8-5-2)50-55(60)57-53(51-58)54(59)48-45-42-39-36-32-21-18-15-12-9-6-3/h7,10,16-17,19-20,23-25,27-28,30-31,34,40,43,52-54,58-59H,4-6,8-9,11-15,18,21-22,26,29,32-33,35-39,41-42,44-51H2,1-3H3,(H,57,60)/b10-7-,19-16-,20-17+,25-24-,28-27-,30-23+,34-31-,43-40-. The molecule has 6 heteroatoms. The van der Waals surface area contributed by atoms with Gasteiger partial charge in [-0.25, -0.2) is 0 Å². The molecule has 0 fully saturated rings. The Balaban J connectivity index is 4.74. The average Bonchev–Trinajstić information content (AvgIpc) is 3.26. The fraction of sp³-hybridized carbons (Fsp3) is 0.679. The van der Waals surface area contributed by atoms with Crippen LogP contribution in [0.3, 0.4) is 0 Å². The summed E-state index contributed by atoms with van der Waals surface area (Å²) in [5, 5.41) is 23.7. The Morgan fingerprint density at radius 3 is 1.42 bits per heavy atom. The summed E-state index contributed by atoms with van der Waals surface area (Å²) in [6.07, 6.45) is 64.7. The van der Waals surface area contributed by atoms with Crippen molar-refractivity contribution in [2.75, 3.05) is 6.61 Å². The van der Waals surface area contributed by atoms with Gasteiger partial charge in [-0.2, -0.15) is 0 Å². The van der Waals surface area contributed by atoms with E-state index in [0.29, 0.717) is 19.3 Å². The summed E-state index contributed by atoms with van der Waals surface area (Å²) >= 11 is 0. The van der Waals surface area contributed by atoms with E-state index in [1.807, 2.05) is 6.08 Å². The largest absolute Gasteiger partial charge is 0.462 e. The first-order valence-electron chi connectivity index (χ1n) is 25.5. The fourth-order valence-corrected chi connectivity index (χ4v) is 7.09. The summed E-state index contributed by atoms with van der Waals surface area (Å²) in [5.74, 6) is -0.602. The summed E-state index contributed by atoms with van der Waals surface area (Å²) in [6, 6.07) is -0.727. The van der Waals surface area contributed by atoms with Gasteiger partial charge in [0.05, 0.1) is 25.2 Å². The molecule has 3 atom stereocenters. The van der Waals surface area contributed by atoms with Crippen molar-refractivity contribution in [3.8, 4) is 0 Å². The number of carbonyl (C=O) groups is 2. The van der Waals surface area contributed by atoms with Crippen LogP contribution < -0.4 is 5.32 Å². The molecule has 0 saturated carbocycles. The van der Waals surface area contributed by atoms with Crippen LogP contribution >= 0.6 is 0 Å². The summed E-state index contributed by atoms with van der Waals surface area (Å²) in [5.41, 5.74) is 0. The fourth-order valence-electron chi connectivity index (χ4n) is 7.09. The Labute approximate surface area is 382 Å². The molecular formula is C56H95NO5. The topological polar surface area (TPSA) is 95.9 Å². The summed E-state index contributed by atoms with van der Waals surface area (Å²) in [4.78, 5) is 26.1. The Morgan fingerprint density at radius 1 is 0.500 bits per heavy atom. The van der Waals surface area contributed by atoms with E-state index < -0.39 is 18.2 Å². The third-order valence-electron chi connectivity index (χ3n) is 10.9. The van der Waals surface area contributed by atoms with Gasteiger partial charge in [0, 0.05) is 6.42 Å². The Morgan fingerprint density at radius 2 is 0.919 bits per heavy atom. The molecule has 0 aromatic heterocycles. The van der Waals surface area contributed by atoms with Crippen molar-refractivity contribution >= 4 is 11.9 Å². The number of esters is 1. The third-order valence-corrected chi connectivity index (χ3v) is 10.9. The number of allylic oxidation sites excluding steroid dienone is 16. The first-order chi connectivity index (χ1) is 30.5. The predicted molar refractivity (Wildman–Crippen MR) is 268 cm³/mol.